The molecule has 6 nitrogen and oxygen atoms in total. The van der Waals surface area contributed by atoms with Gasteiger partial charge in [-0.05, 0) is 77.9 Å². The van der Waals surface area contributed by atoms with Crippen LogP contribution in [-0.4, -0.2) is 28.6 Å². The van der Waals surface area contributed by atoms with Crippen molar-refractivity contribution in [2.75, 3.05) is 11.9 Å². The van der Waals surface area contributed by atoms with E-state index in [1.165, 1.54) is 4.90 Å². The zero-order valence-corrected chi connectivity index (χ0v) is 20.7. The van der Waals surface area contributed by atoms with Crippen molar-refractivity contribution in [3.63, 3.8) is 0 Å². The minimum Gasteiger partial charge on any atom is -0.484 e. The summed E-state index contributed by atoms with van der Waals surface area (Å²) in [6.07, 6.45) is 1.68. The quantitative estimate of drug-likeness (QED) is 0.374. The Labute approximate surface area is 210 Å². The minimum atomic E-state index is -0.314. The van der Waals surface area contributed by atoms with Crippen molar-refractivity contribution in [1.29, 1.82) is 0 Å². The number of carbonyl (C=O) groups excluding carboxylic acids is 3. The fourth-order valence-electron chi connectivity index (χ4n) is 3.29. The molecule has 0 aliphatic carbocycles. The first-order chi connectivity index (χ1) is 16.4. The maximum absolute atomic E-state index is 12.7. The molecule has 1 aliphatic heterocycles. The Kier molecular flexibility index (Phi) is 7.49. The second-order valence-corrected chi connectivity index (χ2v) is 9.58. The summed E-state index contributed by atoms with van der Waals surface area (Å²) in [7, 11) is 0. The number of amides is 3. The number of aryl methyl sites for hydroxylation is 1. The van der Waals surface area contributed by atoms with E-state index in [0.717, 1.165) is 38.6 Å². The van der Waals surface area contributed by atoms with Gasteiger partial charge in [0.05, 0.1) is 11.4 Å². The first-order valence-electron chi connectivity index (χ1n) is 10.5. The Morgan fingerprint density at radius 1 is 1.06 bits per heavy atom. The summed E-state index contributed by atoms with van der Waals surface area (Å²) in [5, 5.41) is 2.50. The molecule has 0 spiro atoms. The molecule has 4 rings (SSSR count). The third kappa shape index (κ3) is 6.15. The highest BCUT2D eigenvalue weighted by Gasteiger charge is 2.34. The molecule has 1 N–H and O–H groups in total. The van der Waals surface area contributed by atoms with Crippen LogP contribution in [0, 0.1) is 6.92 Å². The molecule has 1 heterocycles. The third-order valence-electron chi connectivity index (χ3n) is 4.98. The first kappa shape index (κ1) is 23.8. The van der Waals surface area contributed by atoms with Crippen LogP contribution in [0.3, 0.4) is 0 Å². The summed E-state index contributed by atoms with van der Waals surface area (Å²) in [4.78, 5) is 38.8. The molecular weight excluding hydrogens is 516 g/mol. The van der Waals surface area contributed by atoms with E-state index in [2.05, 4.69) is 21.2 Å². The van der Waals surface area contributed by atoms with Crippen molar-refractivity contribution in [3.05, 3.63) is 98.9 Å². The second kappa shape index (κ2) is 10.7. The number of rotatable bonds is 7. The molecule has 0 aromatic heterocycles. The van der Waals surface area contributed by atoms with E-state index in [-0.39, 0.29) is 30.2 Å². The van der Waals surface area contributed by atoms with Gasteiger partial charge in [0.25, 0.3) is 17.1 Å². The molecule has 1 saturated heterocycles. The number of anilines is 1. The van der Waals surface area contributed by atoms with Crippen LogP contribution in [-0.2, 0) is 16.1 Å². The number of thioether (sulfide) groups is 1. The van der Waals surface area contributed by atoms with Crippen LogP contribution < -0.4 is 10.1 Å². The number of hydrogen-bond donors (Lipinski definition) is 1. The summed E-state index contributed by atoms with van der Waals surface area (Å²) < 4.78 is 6.49. The van der Waals surface area contributed by atoms with Crippen molar-refractivity contribution in [2.24, 2.45) is 0 Å². The summed E-state index contributed by atoms with van der Waals surface area (Å²) in [6.45, 7) is 2.06. The van der Waals surface area contributed by atoms with Crippen LogP contribution in [0.1, 0.15) is 16.7 Å². The van der Waals surface area contributed by atoms with Crippen LogP contribution >= 0.6 is 27.7 Å². The van der Waals surface area contributed by atoms with Crippen molar-refractivity contribution in [2.45, 2.75) is 13.5 Å². The number of hydrogen-bond acceptors (Lipinski definition) is 5. The second-order valence-electron chi connectivity index (χ2n) is 7.67. The van der Waals surface area contributed by atoms with E-state index >= 15 is 0 Å². The zero-order chi connectivity index (χ0) is 24.1. The lowest BCUT2D eigenvalue weighted by molar-refractivity contribution is -0.123. The highest BCUT2D eigenvalue weighted by molar-refractivity contribution is 9.10. The average molecular weight is 537 g/mol. The standard InChI is InChI=1S/C26H21BrN2O4S/c1-17-3-2-4-21(13-17)28-24(30)16-33-22-11-7-18(8-12-22)14-23-25(31)29(26(32)34-23)15-19-5-9-20(27)10-6-19/h2-14H,15-16H2,1H3,(H,28,30)/b23-14-. The molecule has 1 aliphatic rings. The Morgan fingerprint density at radius 3 is 2.50 bits per heavy atom. The van der Waals surface area contributed by atoms with Gasteiger partial charge in [-0.2, -0.15) is 0 Å². The molecule has 0 bridgehead atoms. The van der Waals surface area contributed by atoms with Gasteiger partial charge < -0.3 is 10.1 Å². The fraction of sp³-hybridized carbons (Fsp3) is 0.115. The van der Waals surface area contributed by atoms with Gasteiger partial charge in [0.15, 0.2) is 6.61 Å². The molecule has 3 amide bonds. The third-order valence-corrected chi connectivity index (χ3v) is 6.41. The number of nitrogens with one attached hydrogen (secondary N) is 1. The van der Waals surface area contributed by atoms with E-state index in [0.29, 0.717) is 10.7 Å². The number of ether oxygens (including phenoxy) is 1. The van der Waals surface area contributed by atoms with Crippen molar-refractivity contribution in [3.8, 4) is 5.75 Å². The summed E-state index contributed by atoms with van der Waals surface area (Å²) in [5.41, 5.74) is 3.41. The van der Waals surface area contributed by atoms with E-state index in [4.69, 9.17) is 4.74 Å². The maximum Gasteiger partial charge on any atom is 0.293 e. The molecule has 3 aromatic rings. The van der Waals surface area contributed by atoms with Gasteiger partial charge in [0.1, 0.15) is 5.75 Å². The van der Waals surface area contributed by atoms with E-state index in [9.17, 15) is 14.4 Å². The maximum atomic E-state index is 12.7. The lowest BCUT2D eigenvalue weighted by Crippen LogP contribution is -2.27. The smallest absolute Gasteiger partial charge is 0.293 e. The summed E-state index contributed by atoms with van der Waals surface area (Å²) in [5.74, 6) is -0.0416. The average Bonchev–Trinajstić information content (AvgIpc) is 3.07. The zero-order valence-electron chi connectivity index (χ0n) is 18.3. The Bertz CT molecular complexity index is 1260. The normalized spacial score (nSPS) is 14.5. The number of nitrogens with zero attached hydrogens (tertiary/aromatic N) is 1. The monoisotopic (exact) mass is 536 g/mol. The number of benzene rings is 3. The molecule has 0 radical (unpaired) electrons. The molecule has 34 heavy (non-hydrogen) atoms. The highest BCUT2D eigenvalue weighted by atomic mass is 79.9. The Morgan fingerprint density at radius 2 is 1.79 bits per heavy atom. The van der Waals surface area contributed by atoms with Gasteiger partial charge in [-0.25, -0.2) is 0 Å². The van der Waals surface area contributed by atoms with E-state index in [1.54, 1.807) is 30.3 Å². The number of carbonyl (C=O) groups is 3. The number of imide groups is 1. The van der Waals surface area contributed by atoms with Crippen molar-refractivity contribution < 1.29 is 19.1 Å². The van der Waals surface area contributed by atoms with E-state index < -0.39 is 0 Å². The molecule has 8 heteroatoms. The SMILES string of the molecule is Cc1cccc(NC(=O)COc2ccc(/C=C3\SC(=O)N(Cc4ccc(Br)cc4)C3=O)cc2)c1. The number of halogens is 1. The topological polar surface area (TPSA) is 75.7 Å². The molecular formula is C26H21BrN2O4S. The van der Waals surface area contributed by atoms with Gasteiger partial charge in [0.2, 0.25) is 0 Å². The van der Waals surface area contributed by atoms with Crippen LogP contribution in [0.4, 0.5) is 10.5 Å². The van der Waals surface area contributed by atoms with Gasteiger partial charge in [-0.15, -0.1) is 0 Å². The molecule has 3 aromatic carbocycles. The predicted octanol–water partition coefficient (Wildman–Crippen LogP) is 6.01. The van der Waals surface area contributed by atoms with E-state index in [1.807, 2.05) is 55.5 Å². The largest absolute Gasteiger partial charge is 0.484 e. The van der Waals surface area contributed by atoms with Gasteiger partial charge in [-0.3, -0.25) is 19.3 Å². The minimum absolute atomic E-state index is 0.123. The van der Waals surface area contributed by atoms with Crippen LogP contribution in [0.5, 0.6) is 5.75 Å². The molecule has 0 saturated carbocycles. The summed E-state index contributed by atoms with van der Waals surface area (Å²) in [6, 6.07) is 22.0. The van der Waals surface area contributed by atoms with Crippen LogP contribution in [0.25, 0.3) is 6.08 Å². The van der Waals surface area contributed by atoms with Crippen LogP contribution in [0.15, 0.2) is 82.2 Å². The van der Waals surface area contributed by atoms with Gasteiger partial charge in [-0.1, -0.05) is 52.3 Å². The predicted molar refractivity (Wildman–Crippen MR) is 137 cm³/mol. The van der Waals surface area contributed by atoms with Gasteiger partial charge >= 0.3 is 0 Å². The van der Waals surface area contributed by atoms with Crippen LogP contribution in [0.2, 0.25) is 0 Å². The molecule has 0 unspecified atom stereocenters. The van der Waals surface area contributed by atoms with Crippen molar-refractivity contribution in [1.82, 2.24) is 4.90 Å². The molecule has 0 atom stereocenters. The summed E-state index contributed by atoms with van der Waals surface area (Å²) >= 11 is 4.30. The molecule has 172 valence electrons. The lowest BCUT2D eigenvalue weighted by Gasteiger charge is -2.12. The van der Waals surface area contributed by atoms with Crippen molar-refractivity contribution >= 4 is 56.5 Å². The highest BCUT2D eigenvalue weighted by Crippen LogP contribution is 2.33. The fourth-order valence-corrected chi connectivity index (χ4v) is 4.39. The Hall–Kier alpha value is -3.36. The van der Waals surface area contributed by atoms with Gasteiger partial charge in [0, 0.05) is 10.2 Å². The molecule has 1 fully saturated rings. The lowest BCUT2D eigenvalue weighted by atomic mass is 10.2. The Balaban J connectivity index is 1.33. The first-order valence-corrected chi connectivity index (χ1v) is 12.1.